The number of Topliss-reactive ketones (excluding diaryl/α,β-unsaturated/α-hetero) is 1. The summed E-state index contributed by atoms with van der Waals surface area (Å²) in [5.41, 5.74) is 0.919. The molecule has 0 radical (unpaired) electrons. The summed E-state index contributed by atoms with van der Waals surface area (Å²) < 4.78 is 5.35. The lowest BCUT2D eigenvalue weighted by atomic mass is 9.91. The van der Waals surface area contributed by atoms with Gasteiger partial charge in [0.15, 0.2) is 0 Å². The van der Waals surface area contributed by atoms with Crippen LogP contribution in [0.5, 0.6) is 0 Å². The molecular formula is C20H27NO4. The average Bonchev–Trinajstić information content (AvgIpc) is 2.86. The number of benzene rings is 1. The molecule has 0 spiro atoms. The van der Waals surface area contributed by atoms with Gasteiger partial charge in [-0.25, -0.2) is 0 Å². The van der Waals surface area contributed by atoms with Gasteiger partial charge in [0.05, 0.1) is 5.92 Å². The molecule has 25 heavy (non-hydrogen) atoms. The van der Waals surface area contributed by atoms with E-state index in [-0.39, 0.29) is 30.6 Å². The summed E-state index contributed by atoms with van der Waals surface area (Å²) in [6.07, 6.45) is 1.15. The van der Waals surface area contributed by atoms with Gasteiger partial charge < -0.3 is 10.1 Å². The summed E-state index contributed by atoms with van der Waals surface area (Å²) in [7, 11) is 0. The van der Waals surface area contributed by atoms with Crippen LogP contribution in [0, 0.1) is 11.8 Å². The van der Waals surface area contributed by atoms with Gasteiger partial charge in [0.25, 0.3) is 0 Å². The summed E-state index contributed by atoms with van der Waals surface area (Å²) in [5.74, 6) is -0.595. The summed E-state index contributed by atoms with van der Waals surface area (Å²) >= 11 is 0. The van der Waals surface area contributed by atoms with E-state index in [9.17, 15) is 14.4 Å². The van der Waals surface area contributed by atoms with E-state index in [1.165, 1.54) is 6.92 Å². The van der Waals surface area contributed by atoms with Crippen LogP contribution in [-0.4, -0.2) is 29.8 Å². The number of ether oxygens (including phenoxy) is 1. The van der Waals surface area contributed by atoms with Crippen LogP contribution in [0.4, 0.5) is 0 Å². The average molecular weight is 345 g/mol. The number of hydrogen-bond acceptors (Lipinski definition) is 4. The zero-order valence-corrected chi connectivity index (χ0v) is 15.2. The number of esters is 1. The molecule has 0 bridgehead atoms. The highest BCUT2D eigenvalue weighted by molar-refractivity contribution is 5.85. The van der Waals surface area contributed by atoms with Gasteiger partial charge >= 0.3 is 5.97 Å². The fourth-order valence-corrected chi connectivity index (χ4v) is 3.42. The van der Waals surface area contributed by atoms with Crippen LogP contribution < -0.4 is 5.32 Å². The molecule has 1 aromatic carbocycles. The summed E-state index contributed by atoms with van der Waals surface area (Å²) in [6, 6.07) is 9.52. The molecule has 2 rings (SSSR count). The number of hydrogen-bond donors (Lipinski definition) is 1. The van der Waals surface area contributed by atoms with Crippen molar-refractivity contribution in [1.29, 1.82) is 0 Å². The van der Waals surface area contributed by atoms with Crippen LogP contribution in [0.2, 0.25) is 0 Å². The van der Waals surface area contributed by atoms with Crippen molar-refractivity contribution < 1.29 is 19.1 Å². The van der Waals surface area contributed by atoms with Crippen molar-refractivity contribution in [2.45, 2.75) is 58.6 Å². The number of carbonyl (C=O) groups excluding carboxylic acids is 3. The largest absolute Gasteiger partial charge is 0.461 e. The summed E-state index contributed by atoms with van der Waals surface area (Å²) in [4.78, 5) is 36.2. The van der Waals surface area contributed by atoms with E-state index >= 15 is 0 Å². The fourth-order valence-electron chi connectivity index (χ4n) is 3.42. The SMILES string of the molecule is CC(=O)O[C@@H](CC(=O)Cc1ccccc1)[C@H]1C[C@H](CC(C)C)NC1=O. The lowest BCUT2D eigenvalue weighted by Crippen LogP contribution is -2.34. The molecule has 3 atom stereocenters. The van der Waals surface area contributed by atoms with Gasteiger partial charge in [-0.15, -0.1) is 0 Å². The van der Waals surface area contributed by atoms with Gasteiger partial charge in [0, 0.05) is 25.8 Å². The van der Waals surface area contributed by atoms with Crippen molar-refractivity contribution >= 4 is 17.7 Å². The van der Waals surface area contributed by atoms with Crippen LogP contribution in [0.15, 0.2) is 30.3 Å². The minimum absolute atomic E-state index is 0.0300. The zero-order valence-electron chi connectivity index (χ0n) is 15.2. The molecule has 5 heteroatoms. The number of ketones is 1. The summed E-state index contributed by atoms with van der Waals surface area (Å²) in [5, 5.41) is 2.97. The maximum absolute atomic E-state index is 12.4. The molecule has 1 heterocycles. The van der Waals surface area contributed by atoms with Gasteiger partial charge in [-0.2, -0.15) is 0 Å². The highest BCUT2D eigenvalue weighted by atomic mass is 16.5. The molecule has 0 aromatic heterocycles. The lowest BCUT2D eigenvalue weighted by Gasteiger charge is -2.21. The van der Waals surface area contributed by atoms with E-state index < -0.39 is 18.0 Å². The van der Waals surface area contributed by atoms with E-state index in [4.69, 9.17) is 4.74 Å². The first-order chi connectivity index (χ1) is 11.8. The molecule has 136 valence electrons. The van der Waals surface area contributed by atoms with Crippen molar-refractivity contribution in [2.75, 3.05) is 0 Å². The maximum atomic E-state index is 12.4. The first-order valence-corrected chi connectivity index (χ1v) is 8.88. The van der Waals surface area contributed by atoms with Crippen molar-refractivity contribution in [3.8, 4) is 0 Å². The van der Waals surface area contributed by atoms with Gasteiger partial charge in [-0.1, -0.05) is 44.2 Å². The Morgan fingerprint density at radius 1 is 1.24 bits per heavy atom. The van der Waals surface area contributed by atoms with E-state index in [0.29, 0.717) is 12.3 Å². The van der Waals surface area contributed by atoms with E-state index in [1.807, 2.05) is 30.3 Å². The predicted molar refractivity (Wildman–Crippen MR) is 94.8 cm³/mol. The minimum Gasteiger partial charge on any atom is -0.461 e. The molecule has 1 fully saturated rings. The van der Waals surface area contributed by atoms with Crippen molar-refractivity contribution in [1.82, 2.24) is 5.32 Å². The third-order valence-corrected chi connectivity index (χ3v) is 4.42. The smallest absolute Gasteiger partial charge is 0.302 e. The normalized spacial score (nSPS) is 21.0. The minimum atomic E-state index is -0.689. The molecule has 1 aliphatic rings. The third kappa shape index (κ3) is 6.00. The van der Waals surface area contributed by atoms with Gasteiger partial charge in [0.2, 0.25) is 5.91 Å². The highest BCUT2D eigenvalue weighted by Crippen LogP contribution is 2.27. The Balaban J connectivity index is 2.01. The molecule has 0 aliphatic carbocycles. The second kappa shape index (κ2) is 8.79. The first-order valence-electron chi connectivity index (χ1n) is 8.88. The quantitative estimate of drug-likeness (QED) is 0.735. The second-order valence-electron chi connectivity index (χ2n) is 7.23. The second-order valence-corrected chi connectivity index (χ2v) is 7.23. The van der Waals surface area contributed by atoms with Crippen molar-refractivity contribution in [3.63, 3.8) is 0 Å². The molecule has 1 aromatic rings. The monoisotopic (exact) mass is 345 g/mol. The molecule has 1 aliphatic heterocycles. The maximum Gasteiger partial charge on any atom is 0.302 e. The molecule has 0 unspecified atom stereocenters. The fraction of sp³-hybridized carbons (Fsp3) is 0.550. The number of carbonyl (C=O) groups is 3. The molecule has 5 nitrogen and oxygen atoms in total. The van der Waals surface area contributed by atoms with Gasteiger partial charge in [-0.3, -0.25) is 14.4 Å². The Morgan fingerprint density at radius 2 is 1.92 bits per heavy atom. The number of amides is 1. The number of nitrogens with one attached hydrogen (secondary N) is 1. The van der Waals surface area contributed by atoms with E-state index in [0.717, 1.165) is 12.0 Å². The number of rotatable bonds is 8. The van der Waals surface area contributed by atoms with Crippen LogP contribution in [0.3, 0.4) is 0 Å². The van der Waals surface area contributed by atoms with Crippen LogP contribution in [0.25, 0.3) is 0 Å². The molecular weight excluding hydrogens is 318 g/mol. The Kier molecular flexibility index (Phi) is 6.73. The topological polar surface area (TPSA) is 72.5 Å². The van der Waals surface area contributed by atoms with E-state index in [1.54, 1.807) is 0 Å². The van der Waals surface area contributed by atoms with Crippen LogP contribution in [-0.2, 0) is 25.5 Å². The predicted octanol–water partition coefficient (Wildman–Crippen LogP) is 2.67. The van der Waals surface area contributed by atoms with Crippen LogP contribution in [0.1, 0.15) is 45.6 Å². The van der Waals surface area contributed by atoms with Crippen molar-refractivity contribution in [3.05, 3.63) is 35.9 Å². The molecule has 1 N–H and O–H groups in total. The Bertz CT molecular complexity index is 611. The lowest BCUT2D eigenvalue weighted by molar-refractivity contribution is -0.152. The zero-order chi connectivity index (χ0) is 18.4. The Morgan fingerprint density at radius 3 is 2.52 bits per heavy atom. The Hall–Kier alpha value is -2.17. The van der Waals surface area contributed by atoms with Crippen LogP contribution >= 0.6 is 0 Å². The molecule has 0 saturated carbocycles. The van der Waals surface area contributed by atoms with E-state index in [2.05, 4.69) is 19.2 Å². The first kappa shape index (κ1) is 19.2. The standard InChI is InChI=1S/C20H27NO4/c1-13(2)9-16-11-18(20(24)21-16)19(25-14(3)22)12-17(23)10-15-7-5-4-6-8-15/h4-8,13,16,18-19H,9-12H2,1-3H3,(H,21,24)/t16-,18+,19-/m0/s1. The molecule has 1 amide bonds. The highest BCUT2D eigenvalue weighted by Gasteiger charge is 2.40. The third-order valence-electron chi connectivity index (χ3n) is 4.42. The van der Waals surface area contributed by atoms with Gasteiger partial charge in [0.1, 0.15) is 11.9 Å². The molecule has 1 saturated heterocycles. The summed E-state index contributed by atoms with van der Waals surface area (Å²) in [6.45, 7) is 5.52. The van der Waals surface area contributed by atoms with Gasteiger partial charge in [-0.05, 0) is 24.3 Å². The van der Waals surface area contributed by atoms with Crippen molar-refractivity contribution in [2.24, 2.45) is 11.8 Å². The Labute approximate surface area is 149 Å².